The van der Waals surface area contributed by atoms with Crippen LogP contribution in [0.3, 0.4) is 0 Å². The molecule has 1 heterocycles. The van der Waals surface area contributed by atoms with Crippen LogP contribution < -0.4 is 4.74 Å². The summed E-state index contributed by atoms with van der Waals surface area (Å²) in [4.78, 5) is 21.8. The minimum Gasteiger partial charge on any atom is -0.489 e. The molecule has 0 atom stereocenters. The molecule has 0 fully saturated rings. The second kappa shape index (κ2) is 6.70. The van der Waals surface area contributed by atoms with Crippen LogP contribution in [0.4, 0.5) is 5.69 Å². The third-order valence-electron chi connectivity index (χ3n) is 2.88. The molecule has 0 aliphatic rings. The maximum atomic E-state index is 11.7. The Morgan fingerprint density at radius 1 is 1.36 bits per heavy atom. The molecule has 0 amide bonds. The molecule has 0 N–H and O–H groups in total. The molecule has 0 saturated heterocycles. The molecule has 0 aliphatic carbocycles. The van der Waals surface area contributed by atoms with Crippen LogP contribution in [-0.4, -0.2) is 22.7 Å². The summed E-state index contributed by atoms with van der Waals surface area (Å²) in [6, 6.07) is 5.63. The number of ether oxygens (including phenoxy) is 2. The largest absolute Gasteiger partial charge is 0.489 e. The van der Waals surface area contributed by atoms with Crippen LogP contribution in [0.5, 0.6) is 5.75 Å². The molecule has 1 aromatic carbocycles. The fraction of sp³-hybridized carbons (Fsp3) is 0.286. The summed E-state index contributed by atoms with van der Waals surface area (Å²) in [5.41, 5.74) is 0.527. The molecular weight excluding hydrogens is 292 g/mol. The first-order chi connectivity index (χ1) is 10.5. The van der Waals surface area contributed by atoms with Crippen molar-refractivity contribution in [2.75, 3.05) is 6.61 Å². The first kappa shape index (κ1) is 15.5. The minimum atomic E-state index is -0.582. The highest BCUT2D eigenvalue weighted by molar-refractivity contribution is 5.88. The Hall–Kier alpha value is -2.90. The molecule has 1 aromatic heterocycles. The van der Waals surface area contributed by atoms with E-state index in [9.17, 15) is 14.9 Å². The smallest absolute Gasteiger partial charge is 0.360 e. The van der Waals surface area contributed by atoms with Gasteiger partial charge in [-0.25, -0.2) is 4.79 Å². The van der Waals surface area contributed by atoms with Gasteiger partial charge in [-0.2, -0.15) is 0 Å². The molecule has 0 saturated carbocycles. The van der Waals surface area contributed by atoms with Crippen molar-refractivity contribution in [3.63, 3.8) is 0 Å². The van der Waals surface area contributed by atoms with Gasteiger partial charge in [0.05, 0.1) is 17.1 Å². The number of non-ortho nitro benzene ring substituents is 1. The first-order valence-electron chi connectivity index (χ1n) is 6.52. The van der Waals surface area contributed by atoms with E-state index in [2.05, 4.69) is 5.16 Å². The van der Waals surface area contributed by atoms with E-state index in [-0.39, 0.29) is 24.6 Å². The Balaban J connectivity index is 2.09. The number of hydrogen-bond acceptors (Lipinski definition) is 7. The number of carbonyl (C=O) groups excluding carboxylic acids is 1. The SMILES string of the molecule is CCOC(=O)c1noc(C)c1COc1ccc([N+](=O)[O-])cc1. The van der Waals surface area contributed by atoms with E-state index in [1.54, 1.807) is 13.8 Å². The average molecular weight is 306 g/mol. The lowest BCUT2D eigenvalue weighted by molar-refractivity contribution is -0.384. The number of nitrogens with zero attached hydrogens (tertiary/aromatic N) is 2. The van der Waals surface area contributed by atoms with Gasteiger partial charge in [0.1, 0.15) is 18.1 Å². The van der Waals surface area contributed by atoms with Gasteiger partial charge in [0.15, 0.2) is 5.69 Å². The summed E-state index contributed by atoms with van der Waals surface area (Å²) in [7, 11) is 0. The van der Waals surface area contributed by atoms with Gasteiger partial charge in [-0.1, -0.05) is 5.16 Å². The number of carbonyl (C=O) groups is 1. The van der Waals surface area contributed by atoms with E-state index in [1.807, 2.05) is 0 Å². The van der Waals surface area contributed by atoms with Crippen LogP contribution in [0.25, 0.3) is 0 Å². The van der Waals surface area contributed by atoms with Gasteiger partial charge in [0, 0.05) is 12.1 Å². The number of rotatable bonds is 6. The Morgan fingerprint density at radius 2 is 2.05 bits per heavy atom. The van der Waals surface area contributed by atoms with E-state index >= 15 is 0 Å². The van der Waals surface area contributed by atoms with Crippen molar-refractivity contribution in [2.45, 2.75) is 20.5 Å². The van der Waals surface area contributed by atoms with Crippen molar-refractivity contribution in [2.24, 2.45) is 0 Å². The molecular formula is C14H14N2O6. The molecule has 2 rings (SSSR count). The van der Waals surface area contributed by atoms with Crippen molar-refractivity contribution in [1.82, 2.24) is 5.16 Å². The average Bonchev–Trinajstić information content (AvgIpc) is 2.87. The number of benzene rings is 1. The third kappa shape index (κ3) is 3.40. The number of nitro groups is 1. The molecule has 2 aromatic rings. The predicted molar refractivity (Wildman–Crippen MR) is 74.6 cm³/mol. The molecule has 116 valence electrons. The lowest BCUT2D eigenvalue weighted by atomic mass is 10.2. The number of esters is 1. The standard InChI is InChI=1S/C14H14N2O6/c1-3-20-14(17)13-12(9(2)22-15-13)8-21-11-6-4-10(5-7-11)16(18)19/h4-7H,3,8H2,1-2H3. The van der Waals surface area contributed by atoms with E-state index < -0.39 is 10.9 Å². The first-order valence-corrected chi connectivity index (χ1v) is 6.52. The molecule has 8 heteroatoms. The van der Waals surface area contributed by atoms with Crippen LogP contribution in [0, 0.1) is 17.0 Å². The second-order valence-electron chi connectivity index (χ2n) is 4.33. The highest BCUT2D eigenvalue weighted by atomic mass is 16.6. The molecule has 0 bridgehead atoms. The van der Waals surface area contributed by atoms with Gasteiger partial charge in [0.25, 0.3) is 5.69 Å². The minimum absolute atomic E-state index is 0.0271. The Bertz CT molecular complexity index is 677. The topological polar surface area (TPSA) is 105 Å². The van der Waals surface area contributed by atoms with Gasteiger partial charge in [0.2, 0.25) is 0 Å². The highest BCUT2D eigenvalue weighted by Crippen LogP contribution is 2.21. The summed E-state index contributed by atoms with van der Waals surface area (Å²) < 4.78 is 15.4. The molecule has 0 aliphatic heterocycles. The van der Waals surface area contributed by atoms with Crippen molar-refractivity contribution in [3.05, 3.63) is 51.4 Å². The monoisotopic (exact) mass is 306 g/mol. The van der Waals surface area contributed by atoms with Crippen LogP contribution in [0.1, 0.15) is 28.7 Å². The van der Waals surface area contributed by atoms with E-state index in [4.69, 9.17) is 14.0 Å². The highest BCUT2D eigenvalue weighted by Gasteiger charge is 2.21. The zero-order valence-corrected chi connectivity index (χ0v) is 12.1. The molecule has 8 nitrogen and oxygen atoms in total. The normalized spacial score (nSPS) is 10.3. The van der Waals surface area contributed by atoms with Gasteiger partial charge < -0.3 is 14.0 Å². The number of hydrogen-bond donors (Lipinski definition) is 0. The zero-order valence-electron chi connectivity index (χ0n) is 12.1. The summed E-state index contributed by atoms with van der Waals surface area (Å²) in [5, 5.41) is 14.2. The number of nitro benzene ring substituents is 1. The zero-order chi connectivity index (χ0) is 16.1. The van der Waals surface area contributed by atoms with Crippen molar-refractivity contribution in [3.8, 4) is 5.75 Å². The van der Waals surface area contributed by atoms with Crippen molar-refractivity contribution in [1.29, 1.82) is 0 Å². The molecule has 0 radical (unpaired) electrons. The van der Waals surface area contributed by atoms with E-state index in [0.29, 0.717) is 17.1 Å². The second-order valence-corrected chi connectivity index (χ2v) is 4.33. The third-order valence-corrected chi connectivity index (χ3v) is 2.88. The quantitative estimate of drug-likeness (QED) is 0.459. The van der Waals surface area contributed by atoms with E-state index in [0.717, 1.165) is 0 Å². The fourth-order valence-corrected chi connectivity index (χ4v) is 1.74. The molecule has 0 unspecified atom stereocenters. The maximum Gasteiger partial charge on any atom is 0.360 e. The Morgan fingerprint density at radius 3 is 2.64 bits per heavy atom. The van der Waals surface area contributed by atoms with Crippen LogP contribution in [-0.2, 0) is 11.3 Å². The van der Waals surface area contributed by atoms with Gasteiger partial charge in [-0.3, -0.25) is 10.1 Å². The summed E-state index contributed by atoms with van der Waals surface area (Å²) in [6.07, 6.45) is 0. The number of aryl methyl sites for hydroxylation is 1. The van der Waals surface area contributed by atoms with Crippen LogP contribution in [0.15, 0.2) is 28.8 Å². The van der Waals surface area contributed by atoms with Crippen LogP contribution in [0.2, 0.25) is 0 Å². The molecule has 0 spiro atoms. The summed E-state index contributed by atoms with van der Waals surface area (Å²) in [5.74, 6) is 0.299. The Kier molecular flexibility index (Phi) is 4.72. The van der Waals surface area contributed by atoms with Crippen LogP contribution >= 0.6 is 0 Å². The Labute approximate surface area is 125 Å². The van der Waals surface area contributed by atoms with Crippen molar-refractivity contribution < 1.29 is 23.7 Å². The van der Waals surface area contributed by atoms with Gasteiger partial charge in [-0.05, 0) is 26.0 Å². The fourth-order valence-electron chi connectivity index (χ4n) is 1.74. The number of aromatic nitrogens is 1. The van der Waals surface area contributed by atoms with E-state index in [1.165, 1.54) is 24.3 Å². The molecule has 22 heavy (non-hydrogen) atoms. The maximum absolute atomic E-state index is 11.7. The van der Waals surface area contributed by atoms with Gasteiger partial charge in [-0.15, -0.1) is 0 Å². The lowest BCUT2D eigenvalue weighted by Gasteiger charge is -2.06. The predicted octanol–water partition coefficient (Wildman–Crippen LogP) is 2.65. The van der Waals surface area contributed by atoms with Crippen molar-refractivity contribution >= 4 is 11.7 Å². The lowest BCUT2D eigenvalue weighted by Crippen LogP contribution is -2.09. The summed E-state index contributed by atoms with van der Waals surface area (Å²) >= 11 is 0. The van der Waals surface area contributed by atoms with Gasteiger partial charge >= 0.3 is 5.97 Å². The summed E-state index contributed by atoms with van der Waals surface area (Å²) in [6.45, 7) is 3.62.